The zero-order valence-electron chi connectivity index (χ0n) is 10.5. The smallest absolute Gasteiger partial charge is 0.0972 e. The first kappa shape index (κ1) is 12.1. The van der Waals surface area contributed by atoms with Crippen molar-refractivity contribution in [1.29, 1.82) is 0 Å². The van der Waals surface area contributed by atoms with Crippen LogP contribution < -0.4 is 5.73 Å². The average Bonchev–Trinajstić information content (AvgIpc) is 2.65. The number of benzene rings is 1. The fraction of sp³-hybridized carbons (Fsp3) is 0.357. The first-order valence-electron chi connectivity index (χ1n) is 5.74. The van der Waals surface area contributed by atoms with Crippen LogP contribution in [0.3, 0.4) is 0 Å². The molecule has 1 aromatic carbocycles. The third-order valence-electron chi connectivity index (χ3n) is 2.63. The van der Waals surface area contributed by atoms with Crippen LogP contribution in [0.25, 0.3) is 0 Å². The van der Waals surface area contributed by atoms with E-state index < -0.39 is 0 Å². The van der Waals surface area contributed by atoms with Crippen molar-refractivity contribution in [2.75, 3.05) is 5.73 Å². The predicted molar refractivity (Wildman–Crippen MR) is 74.5 cm³/mol. The second-order valence-electron chi connectivity index (χ2n) is 5.30. The molecule has 0 fully saturated rings. The number of hydrogen-bond acceptors (Lipinski definition) is 3. The van der Waals surface area contributed by atoms with E-state index in [1.165, 1.54) is 11.3 Å². The second-order valence-corrected chi connectivity index (χ2v) is 6.24. The summed E-state index contributed by atoms with van der Waals surface area (Å²) < 4.78 is 0. The molecule has 0 aliphatic rings. The van der Waals surface area contributed by atoms with Crippen molar-refractivity contribution >= 4 is 17.0 Å². The van der Waals surface area contributed by atoms with E-state index in [1.807, 2.05) is 18.2 Å². The molecule has 2 nitrogen and oxygen atoms in total. The highest BCUT2D eigenvalue weighted by atomic mass is 32.1. The minimum absolute atomic E-state index is 0.129. The maximum atomic E-state index is 5.77. The zero-order chi connectivity index (χ0) is 12.5. The van der Waals surface area contributed by atoms with Crippen LogP contribution in [0.4, 0.5) is 5.69 Å². The van der Waals surface area contributed by atoms with Crippen molar-refractivity contribution in [1.82, 2.24) is 4.98 Å². The van der Waals surface area contributed by atoms with Gasteiger partial charge in [-0.25, -0.2) is 4.98 Å². The normalized spacial score (nSPS) is 11.7. The van der Waals surface area contributed by atoms with E-state index in [9.17, 15) is 0 Å². The van der Waals surface area contributed by atoms with E-state index in [0.717, 1.165) is 17.1 Å². The van der Waals surface area contributed by atoms with Crippen LogP contribution in [-0.2, 0) is 11.8 Å². The summed E-state index contributed by atoms with van der Waals surface area (Å²) in [7, 11) is 0. The Bertz CT molecular complexity index is 509. The van der Waals surface area contributed by atoms with E-state index >= 15 is 0 Å². The summed E-state index contributed by atoms with van der Waals surface area (Å²) in [5.41, 5.74) is 9.10. The Morgan fingerprint density at radius 1 is 1.29 bits per heavy atom. The molecular formula is C14H18N2S. The van der Waals surface area contributed by atoms with Gasteiger partial charge in [0.2, 0.25) is 0 Å². The Kier molecular flexibility index (Phi) is 3.20. The lowest BCUT2D eigenvalue weighted by atomic mass is 9.93. The summed E-state index contributed by atoms with van der Waals surface area (Å²) >= 11 is 1.73. The number of rotatable bonds is 2. The zero-order valence-corrected chi connectivity index (χ0v) is 11.3. The SMILES string of the molecule is CC(C)(C)c1csc(Cc2cccc(N)c2)n1. The minimum Gasteiger partial charge on any atom is -0.399 e. The van der Waals surface area contributed by atoms with E-state index in [4.69, 9.17) is 5.73 Å². The second kappa shape index (κ2) is 4.49. The Balaban J connectivity index is 2.17. The highest BCUT2D eigenvalue weighted by Gasteiger charge is 2.17. The number of anilines is 1. The van der Waals surface area contributed by atoms with Gasteiger partial charge in [0.15, 0.2) is 0 Å². The van der Waals surface area contributed by atoms with Crippen molar-refractivity contribution in [3.63, 3.8) is 0 Å². The van der Waals surface area contributed by atoms with Crippen LogP contribution in [0.5, 0.6) is 0 Å². The number of nitrogens with zero attached hydrogens (tertiary/aromatic N) is 1. The standard InChI is InChI=1S/C14H18N2S/c1-14(2,3)12-9-17-13(16-12)8-10-5-4-6-11(15)7-10/h4-7,9H,8,15H2,1-3H3. The van der Waals surface area contributed by atoms with E-state index in [0.29, 0.717) is 0 Å². The quantitative estimate of drug-likeness (QED) is 0.822. The van der Waals surface area contributed by atoms with Crippen LogP contribution in [0.2, 0.25) is 0 Å². The van der Waals surface area contributed by atoms with Gasteiger partial charge in [0.05, 0.1) is 10.7 Å². The summed E-state index contributed by atoms with van der Waals surface area (Å²) in [4.78, 5) is 4.68. The lowest BCUT2D eigenvalue weighted by Crippen LogP contribution is -2.11. The van der Waals surface area contributed by atoms with Gasteiger partial charge in [0.25, 0.3) is 0 Å². The Morgan fingerprint density at radius 2 is 2.06 bits per heavy atom. The molecule has 0 saturated carbocycles. The van der Waals surface area contributed by atoms with Crippen molar-refractivity contribution in [3.05, 3.63) is 45.9 Å². The van der Waals surface area contributed by atoms with Gasteiger partial charge in [-0.15, -0.1) is 11.3 Å². The fourth-order valence-corrected chi connectivity index (χ4v) is 2.67. The highest BCUT2D eigenvalue weighted by Crippen LogP contribution is 2.25. The van der Waals surface area contributed by atoms with Gasteiger partial charge in [0.1, 0.15) is 0 Å². The largest absolute Gasteiger partial charge is 0.399 e. The Hall–Kier alpha value is -1.35. The Morgan fingerprint density at radius 3 is 2.65 bits per heavy atom. The molecule has 17 heavy (non-hydrogen) atoms. The maximum Gasteiger partial charge on any atom is 0.0972 e. The molecule has 1 aromatic heterocycles. The van der Waals surface area contributed by atoms with E-state index in [-0.39, 0.29) is 5.41 Å². The average molecular weight is 246 g/mol. The van der Waals surface area contributed by atoms with E-state index in [2.05, 4.69) is 37.2 Å². The van der Waals surface area contributed by atoms with Crippen LogP contribution in [0.15, 0.2) is 29.6 Å². The Labute approximate surface area is 107 Å². The monoisotopic (exact) mass is 246 g/mol. The molecule has 90 valence electrons. The van der Waals surface area contributed by atoms with Crippen molar-refractivity contribution in [3.8, 4) is 0 Å². The molecule has 3 heteroatoms. The third-order valence-corrected chi connectivity index (χ3v) is 3.48. The number of hydrogen-bond donors (Lipinski definition) is 1. The molecule has 0 spiro atoms. The van der Waals surface area contributed by atoms with Gasteiger partial charge in [-0.3, -0.25) is 0 Å². The number of thiazole rings is 1. The topological polar surface area (TPSA) is 38.9 Å². The summed E-state index contributed by atoms with van der Waals surface area (Å²) in [6, 6.07) is 8.00. The highest BCUT2D eigenvalue weighted by molar-refractivity contribution is 7.09. The first-order valence-corrected chi connectivity index (χ1v) is 6.62. The molecule has 0 bridgehead atoms. The fourth-order valence-electron chi connectivity index (χ4n) is 1.61. The number of nitrogens with two attached hydrogens (primary N) is 1. The molecular weight excluding hydrogens is 228 g/mol. The van der Waals surface area contributed by atoms with Gasteiger partial charge in [-0.2, -0.15) is 0 Å². The molecule has 0 atom stereocenters. The summed E-state index contributed by atoms with van der Waals surface area (Å²) in [6.07, 6.45) is 0.867. The van der Waals surface area contributed by atoms with Crippen LogP contribution in [-0.4, -0.2) is 4.98 Å². The molecule has 0 saturated heterocycles. The molecule has 0 unspecified atom stereocenters. The van der Waals surface area contributed by atoms with Gasteiger partial charge in [0, 0.05) is 22.9 Å². The number of aromatic nitrogens is 1. The lowest BCUT2D eigenvalue weighted by molar-refractivity contribution is 0.571. The van der Waals surface area contributed by atoms with Crippen molar-refractivity contribution < 1.29 is 0 Å². The number of nitrogen functional groups attached to an aromatic ring is 1. The van der Waals surface area contributed by atoms with Gasteiger partial charge in [-0.1, -0.05) is 32.9 Å². The molecule has 1 heterocycles. The van der Waals surface area contributed by atoms with Gasteiger partial charge >= 0.3 is 0 Å². The lowest BCUT2D eigenvalue weighted by Gasteiger charge is -2.14. The molecule has 0 radical (unpaired) electrons. The molecule has 0 aliphatic carbocycles. The van der Waals surface area contributed by atoms with Crippen molar-refractivity contribution in [2.45, 2.75) is 32.6 Å². The van der Waals surface area contributed by atoms with Gasteiger partial charge < -0.3 is 5.73 Å². The summed E-state index contributed by atoms with van der Waals surface area (Å²) in [5, 5.41) is 3.31. The van der Waals surface area contributed by atoms with Crippen LogP contribution in [0.1, 0.15) is 37.0 Å². The molecule has 0 amide bonds. The third kappa shape index (κ3) is 3.07. The maximum absolute atomic E-state index is 5.77. The van der Waals surface area contributed by atoms with Gasteiger partial charge in [-0.05, 0) is 17.7 Å². The molecule has 0 aliphatic heterocycles. The predicted octanol–water partition coefficient (Wildman–Crippen LogP) is 3.61. The van der Waals surface area contributed by atoms with E-state index in [1.54, 1.807) is 11.3 Å². The van der Waals surface area contributed by atoms with Crippen LogP contribution >= 0.6 is 11.3 Å². The van der Waals surface area contributed by atoms with Crippen LogP contribution in [0, 0.1) is 0 Å². The molecule has 2 rings (SSSR count). The molecule has 2 aromatic rings. The summed E-state index contributed by atoms with van der Waals surface area (Å²) in [6.45, 7) is 6.56. The first-order chi connectivity index (χ1) is 7.95. The molecule has 2 N–H and O–H groups in total. The summed E-state index contributed by atoms with van der Waals surface area (Å²) in [5.74, 6) is 0. The minimum atomic E-state index is 0.129. The van der Waals surface area contributed by atoms with Crippen molar-refractivity contribution in [2.24, 2.45) is 0 Å².